The van der Waals surface area contributed by atoms with Crippen LogP contribution in [-0.4, -0.2) is 63.6 Å². The van der Waals surface area contributed by atoms with Crippen molar-refractivity contribution < 1.29 is 30.0 Å². The van der Waals surface area contributed by atoms with Crippen LogP contribution in [0.3, 0.4) is 0 Å². The predicted octanol–water partition coefficient (Wildman–Crippen LogP) is 9.41. The van der Waals surface area contributed by atoms with E-state index in [4.69, 9.17) is 4.74 Å². The van der Waals surface area contributed by atoms with Crippen LogP contribution in [0.5, 0.6) is 0 Å². The van der Waals surface area contributed by atoms with Crippen LogP contribution in [0.2, 0.25) is 0 Å². The van der Waals surface area contributed by atoms with Crippen molar-refractivity contribution in [2.75, 3.05) is 6.61 Å². The first kappa shape index (κ1) is 44.3. The van der Waals surface area contributed by atoms with Gasteiger partial charge in [0.15, 0.2) is 6.23 Å². The fourth-order valence-corrected chi connectivity index (χ4v) is 6.94. The molecule has 0 aromatic rings. The Labute approximate surface area is 290 Å². The van der Waals surface area contributed by atoms with Crippen LogP contribution in [0, 0.1) is 0 Å². The van der Waals surface area contributed by atoms with Gasteiger partial charge < -0.3 is 30.5 Å². The lowest BCUT2D eigenvalue weighted by atomic mass is 9.98. The monoisotopic (exact) mass is 670 g/mol. The van der Waals surface area contributed by atoms with Crippen LogP contribution in [0.4, 0.5) is 0 Å². The van der Waals surface area contributed by atoms with Crippen molar-refractivity contribution in [3.8, 4) is 0 Å². The summed E-state index contributed by atoms with van der Waals surface area (Å²) in [6.45, 7) is 1.79. The van der Waals surface area contributed by atoms with Crippen LogP contribution in [0.15, 0.2) is 0 Å². The zero-order chi connectivity index (χ0) is 34.2. The van der Waals surface area contributed by atoms with Crippen molar-refractivity contribution in [3.05, 3.63) is 0 Å². The van der Waals surface area contributed by atoms with Gasteiger partial charge in [-0.05, 0) is 6.42 Å². The number of hydrogen-bond donors (Lipinski definition) is 5. The van der Waals surface area contributed by atoms with Crippen LogP contribution in [-0.2, 0) is 9.53 Å². The number of carbonyl (C=O) groups excluding carboxylic acids is 1. The van der Waals surface area contributed by atoms with Crippen LogP contribution in [0.1, 0.15) is 212 Å². The minimum Gasteiger partial charge on any atom is -0.394 e. The summed E-state index contributed by atoms with van der Waals surface area (Å²) >= 11 is 0. The van der Waals surface area contributed by atoms with Gasteiger partial charge in [-0.15, -0.1) is 0 Å². The number of ether oxygens (including phenoxy) is 1. The molecule has 0 bridgehead atoms. The first-order chi connectivity index (χ1) is 23.0. The number of aliphatic hydroxyl groups is 4. The molecule has 5 atom stereocenters. The molecular formula is C40H79NO6. The summed E-state index contributed by atoms with van der Waals surface area (Å²) in [7, 11) is 0. The molecule has 0 radical (unpaired) electrons. The molecule has 1 rings (SSSR count). The molecule has 280 valence electrons. The number of nitrogens with one attached hydrogen (secondary N) is 1. The van der Waals surface area contributed by atoms with E-state index in [0.29, 0.717) is 6.42 Å². The van der Waals surface area contributed by atoms with E-state index in [2.05, 4.69) is 12.2 Å². The third-order valence-electron chi connectivity index (χ3n) is 10.2. The standard InChI is InChI=1S/C40H79NO6/c1-2-3-4-5-6-7-8-9-10-11-12-13-14-15-16-17-18-19-20-21-22-23-24-25-26-27-28-29-30-31-32-33-36(43)41-40-39(46)38(45)37(44)35(34-42)47-40/h35,37-40,42,44-46H,2-34H2,1H3,(H,41,43)/t35-,37-,38+,39-,40-/m1/s1. The van der Waals surface area contributed by atoms with Gasteiger partial charge in [-0.2, -0.15) is 0 Å². The maximum Gasteiger partial charge on any atom is 0.222 e. The minimum atomic E-state index is -1.47. The Balaban J connectivity index is 1.73. The number of aliphatic hydroxyl groups excluding tert-OH is 4. The number of amides is 1. The molecule has 0 aliphatic carbocycles. The molecule has 0 aromatic heterocycles. The van der Waals surface area contributed by atoms with Gasteiger partial charge in [-0.25, -0.2) is 0 Å². The number of hydrogen-bond acceptors (Lipinski definition) is 6. The van der Waals surface area contributed by atoms with Crippen LogP contribution < -0.4 is 5.32 Å². The highest BCUT2D eigenvalue weighted by molar-refractivity contribution is 5.76. The van der Waals surface area contributed by atoms with E-state index in [1.165, 1.54) is 180 Å². The van der Waals surface area contributed by atoms with Gasteiger partial charge in [-0.1, -0.05) is 200 Å². The quantitative estimate of drug-likeness (QED) is 0.0436. The van der Waals surface area contributed by atoms with Crippen molar-refractivity contribution in [3.63, 3.8) is 0 Å². The summed E-state index contributed by atoms with van der Waals surface area (Å²) in [5.41, 5.74) is 0. The summed E-state index contributed by atoms with van der Waals surface area (Å²) in [6.07, 6.45) is 36.3. The summed E-state index contributed by atoms with van der Waals surface area (Å²) < 4.78 is 5.33. The van der Waals surface area contributed by atoms with Crippen molar-refractivity contribution in [1.82, 2.24) is 5.32 Å². The fraction of sp³-hybridized carbons (Fsp3) is 0.975. The predicted molar refractivity (Wildman–Crippen MR) is 195 cm³/mol. The molecule has 1 aliphatic rings. The van der Waals surface area contributed by atoms with Gasteiger partial charge in [-0.3, -0.25) is 4.79 Å². The van der Waals surface area contributed by atoms with Crippen LogP contribution >= 0.6 is 0 Å². The summed E-state index contributed by atoms with van der Waals surface area (Å²) in [5.74, 6) is -0.260. The largest absolute Gasteiger partial charge is 0.394 e. The third kappa shape index (κ3) is 25.0. The zero-order valence-electron chi connectivity index (χ0n) is 30.8. The molecule has 0 aromatic carbocycles. The van der Waals surface area contributed by atoms with Crippen molar-refractivity contribution in [2.24, 2.45) is 0 Å². The van der Waals surface area contributed by atoms with E-state index in [9.17, 15) is 25.2 Å². The normalized spacial score (nSPS) is 21.3. The van der Waals surface area contributed by atoms with Gasteiger partial charge >= 0.3 is 0 Å². The minimum absolute atomic E-state index is 0.260. The number of unbranched alkanes of at least 4 members (excludes halogenated alkanes) is 30. The molecule has 0 unspecified atom stereocenters. The van der Waals surface area contributed by atoms with E-state index < -0.39 is 37.3 Å². The average Bonchev–Trinajstić information content (AvgIpc) is 3.07. The second-order valence-electron chi connectivity index (χ2n) is 14.7. The first-order valence-electron chi connectivity index (χ1n) is 20.6. The Hall–Kier alpha value is -0.730. The Morgan fingerprint density at radius 2 is 0.766 bits per heavy atom. The smallest absolute Gasteiger partial charge is 0.222 e. The summed E-state index contributed by atoms with van der Waals surface area (Å²) in [6, 6.07) is 0. The van der Waals surface area contributed by atoms with Gasteiger partial charge in [0.05, 0.1) is 6.61 Å². The molecule has 1 amide bonds. The van der Waals surface area contributed by atoms with Gasteiger partial charge in [0.25, 0.3) is 0 Å². The lowest BCUT2D eigenvalue weighted by Gasteiger charge is -2.40. The zero-order valence-corrected chi connectivity index (χ0v) is 30.8. The molecule has 5 N–H and O–H groups in total. The fourth-order valence-electron chi connectivity index (χ4n) is 6.94. The highest BCUT2D eigenvalue weighted by atomic mass is 16.6. The lowest BCUT2D eigenvalue weighted by Crippen LogP contribution is -2.63. The molecule has 1 heterocycles. The van der Waals surface area contributed by atoms with Crippen molar-refractivity contribution >= 4 is 5.91 Å². The van der Waals surface area contributed by atoms with Gasteiger partial charge in [0.1, 0.15) is 24.4 Å². The molecule has 0 spiro atoms. The molecular weight excluding hydrogens is 590 g/mol. The second-order valence-corrected chi connectivity index (χ2v) is 14.7. The first-order valence-corrected chi connectivity index (χ1v) is 20.6. The Morgan fingerprint density at radius 3 is 1.06 bits per heavy atom. The van der Waals surface area contributed by atoms with E-state index in [1.54, 1.807) is 0 Å². The highest BCUT2D eigenvalue weighted by Gasteiger charge is 2.43. The summed E-state index contributed by atoms with van der Waals surface area (Å²) in [5, 5.41) is 41.5. The molecule has 7 heteroatoms. The van der Waals surface area contributed by atoms with E-state index in [1.807, 2.05) is 0 Å². The second kappa shape index (κ2) is 32.5. The van der Waals surface area contributed by atoms with E-state index in [0.717, 1.165) is 19.3 Å². The van der Waals surface area contributed by atoms with E-state index >= 15 is 0 Å². The van der Waals surface area contributed by atoms with E-state index in [-0.39, 0.29) is 5.91 Å². The molecule has 1 saturated heterocycles. The topological polar surface area (TPSA) is 119 Å². The Kier molecular flexibility index (Phi) is 30.6. The highest BCUT2D eigenvalue weighted by Crippen LogP contribution is 2.20. The van der Waals surface area contributed by atoms with Gasteiger partial charge in [0, 0.05) is 6.42 Å². The van der Waals surface area contributed by atoms with Crippen LogP contribution in [0.25, 0.3) is 0 Å². The summed E-state index contributed by atoms with van der Waals surface area (Å²) in [4.78, 5) is 12.2. The number of carbonyl (C=O) groups is 1. The maximum atomic E-state index is 12.2. The molecule has 0 saturated carbocycles. The Morgan fingerprint density at radius 1 is 0.468 bits per heavy atom. The lowest BCUT2D eigenvalue weighted by molar-refractivity contribution is -0.236. The molecule has 47 heavy (non-hydrogen) atoms. The van der Waals surface area contributed by atoms with Crippen molar-refractivity contribution in [2.45, 2.75) is 243 Å². The Bertz CT molecular complexity index is 677. The van der Waals surface area contributed by atoms with Gasteiger partial charge in [0.2, 0.25) is 5.91 Å². The number of rotatable bonds is 34. The average molecular weight is 670 g/mol. The molecule has 1 fully saturated rings. The molecule has 7 nitrogen and oxygen atoms in total. The third-order valence-corrected chi connectivity index (χ3v) is 10.2. The van der Waals surface area contributed by atoms with Crippen molar-refractivity contribution in [1.29, 1.82) is 0 Å². The maximum absolute atomic E-state index is 12.2. The molecule has 1 aliphatic heterocycles. The SMILES string of the molecule is CCCCCCCCCCCCCCCCCCCCCCCCCCCCCCCCCC(=O)N[C@@H]1O[C@H](CO)[C@@H](O)[C@H](O)[C@H]1O.